The zero-order valence-corrected chi connectivity index (χ0v) is 19.9. The van der Waals surface area contributed by atoms with Crippen molar-refractivity contribution >= 4 is 48.7 Å². The number of nitrogens with two attached hydrogens (primary N) is 1. The van der Waals surface area contributed by atoms with Gasteiger partial charge in [0.15, 0.2) is 0 Å². The quantitative estimate of drug-likeness (QED) is 0.111. The average molecular weight is 507 g/mol. The molecule has 0 bridgehead atoms. The molecule has 2 rings (SSSR count). The molecule has 0 radical (unpaired) electrons. The number of non-ortho nitro benzene ring substituents is 1. The van der Waals surface area contributed by atoms with Crippen molar-refractivity contribution in [3.63, 3.8) is 0 Å². The molecule has 10 nitrogen and oxygen atoms in total. The number of hydrogen-bond donors (Lipinski definition) is 6. The van der Waals surface area contributed by atoms with Gasteiger partial charge in [0, 0.05) is 33.9 Å². The standard InChI is InChI=1S/C22H26N4O6S2/c23-8-2-1-3-18(22(29)30)24-21(28)19(9-13-4-6-15(7-5-13)26(31)32)25-20(27)14-10-16(33)12-17(34)11-14/h4-7,10-12,18-19,33-34H,1-3,8-9,23H2,(H,24,28)(H,25,27)(H,29,30)/t18-,19-/m0/s1. The van der Waals surface area contributed by atoms with Crippen molar-refractivity contribution in [2.45, 2.75) is 47.6 Å². The Bertz CT molecular complexity index is 1030. The largest absolute Gasteiger partial charge is 0.480 e. The summed E-state index contributed by atoms with van der Waals surface area (Å²) in [6.07, 6.45) is 1.28. The molecule has 0 fully saturated rings. The number of carboxylic acids is 1. The van der Waals surface area contributed by atoms with Gasteiger partial charge in [-0.2, -0.15) is 0 Å². The predicted octanol–water partition coefficient (Wildman–Crippen LogP) is 2.21. The molecule has 2 aromatic rings. The first-order valence-electron chi connectivity index (χ1n) is 10.4. The van der Waals surface area contributed by atoms with Crippen LogP contribution in [0.5, 0.6) is 0 Å². The Balaban J connectivity index is 2.25. The summed E-state index contributed by atoms with van der Waals surface area (Å²) in [6.45, 7) is 0.399. The van der Waals surface area contributed by atoms with Gasteiger partial charge < -0.3 is 21.5 Å². The van der Waals surface area contributed by atoms with Crippen LogP contribution in [0.4, 0.5) is 5.69 Å². The molecule has 0 aliphatic heterocycles. The minimum Gasteiger partial charge on any atom is -0.480 e. The second-order valence-corrected chi connectivity index (χ2v) is 8.61. The molecular weight excluding hydrogens is 480 g/mol. The molecule has 2 amide bonds. The van der Waals surface area contributed by atoms with Crippen LogP contribution in [0.2, 0.25) is 0 Å². The fourth-order valence-corrected chi connectivity index (χ4v) is 3.85. The van der Waals surface area contributed by atoms with Gasteiger partial charge in [0.1, 0.15) is 12.1 Å². The molecule has 2 aromatic carbocycles. The third kappa shape index (κ3) is 8.36. The predicted molar refractivity (Wildman–Crippen MR) is 131 cm³/mol. The summed E-state index contributed by atoms with van der Waals surface area (Å²) in [7, 11) is 0. The van der Waals surface area contributed by atoms with E-state index in [1.54, 1.807) is 6.07 Å². The number of hydrogen-bond acceptors (Lipinski definition) is 8. The van der Waals surface area contributed by atoms with Crippen LogP contribution < -0.4 is 16.4 Å². The zero-order valence-electron chi connectivity index (χ0n) is 18.1. The molecule has 0 unspecified atom stereocenters. The van der Waals surface area contributed by atoms with E-state index in [1.807, 2.05) is 0 Å². The number of carbonyl (C=O) groups excluding carboxylic acids is 2. The van der Waals surface area contributed by atoms with Crippen LogP contribution in [0.25, 0.3) is 0 Å². The highest BCUT2D eigenvalue weighted by molar-refractivity contribution is 7.81. The Morgan fingerprint density at radius 3 is 2.15 bits per heavy atom. The summed E-state index contributed by atoms with van der Waals surface area (Å²) in [6, 6.07) is 7.88. The summed E-state index contributed by atoms with van der Waals surface area (Å²) in [5.41, 5.74) is 6.09. The maximum atomic E-state index is 13.0. The van der Waals surface area contributed by atoms with Crippen molar-refractivity contribution < 1.29 is 24.4 Å². The van der Waals surface area contributed by atoms with Crippen molar-refractivity contribution in [1.29, 1.82) is 0 Å². The van der Waals surface area contributed by atoms with Gasteiger partial charge in [-0.3, -0.25) is 19.7 Å². The number of thiol groups is 2. The van der Waals surface area contributed by atoms with E-state index in [0.717, 1.165) is 0 Å². The minimum atomic E-state index is -1.20. The Morgan fingerprint density at radius 2 is 1.62 bits per heavy atom. The molecule has 182 valence electrons. The monoisotopic (exact) mass is 506 g/mol. The molecule has 0 spiro atoms. The van der Waals surface area contributed by atoms with Crippen LogP contribution in [0.3, 0.4) is 0 Å². The van der Waals surface area contributed by atoms with E-state index >= 15 is 0 Å². The number of amides is 2. The average Bonchev–Trinajstić information content (AvgIpc) is 2.77. The molecule has 0 saturated carbocycles. The maximum absolute atomic E-state index is 13.0. The first-order chi connectivity index (χ1) is 16.1. The number of aliphatic carboxylic acids is 1. The first-order valence-corrected chi connectivity index (χ1v) is 11.3. The molecular formula is C22H26N4O6S2. The van der Waals surface area contributed by atoms with Crippen molar-refractivity contribution in [2.24, 2.45) is 5.73 Å². The second kappa shape index (κ2) is 13.0. The summed E-state index contributed by atoms with van der Waals surface area (Å²) in [5, 5.41) is 25.5. The molecule has 2 atom stereocenters. The van der Waals surface area contributed by atoms with E-state index in [0.29, 0.717) is 34.7 Å². The van der Waals surface area contributed by atoms with Crippen LogP contribution in [0, 0.1) is 10.1 Å². The summed E-state index contributed by atoms with van der Waals surface area (Å²) in [4.78, 5) is 48.8. The number of nitrogens with zero attached hydrogens (tertiary/aromatic N) is 1. The molecule has 34 heavy (non-hydrogen) atoms. The number of carboxylic acid groups (broad SMARTS) is 1. The Hall–Kier alpha value is -3.09. The van der Waals surface area contributed by atoms with Gasteiger partial charge in [-0.1, -0.05) is 12.1 Å². The van der Waals surface area contributed by atoms with E-state index in [-0.39, 0.29) is 24.1 Å². The van der Waals surface area contributed by atoms with E-state index in [9.17, 15) is 29.6 Å². The van der Waals surface area contributed by atoms with Crippen molar-refractivity contribution in [3.05, 3.63) is 63.7 Å². The lowest BCUT2D eigenvalue weighted by atomic mass is 10.0. The Kier molecular flexibility index (Phi) is 10.4. The lowest BCUT2D eigenvalue weighted by molar-refractivity contribution is -0.384. The van der Waals surface area contributed by atoms with Crippen molar-refractivity contribution in [3.8, 4) is 0 Å². The second-order valence-electron chi connectivity index (χ2n) is 7.58. The lowest BCUT2D eigenvalue weighted by Gasteiger charge is -2.22. The molecule has 0 aliphatic rings. The van der Waals surface area contributed by atoms with Gasteiger partial charge in [0.25, 0.3) is 11.6 Å². The number of carbonyl (C=O) groups is 3. The smallest absolute Gasteiger partial charge is 0.326 e. The highest BCUT2D eigenvalue weighted by atomic mass is 32.1. The topological polar surface area (TPSA) is 165 Å². The van der Waals surface area contributed by atoms with E-state index in [1.165, 1.54) is 36.4 Å². The van der Waals surface area contributed by atoms with Crippen molar-refractivity contribution in [2.75, 3.05) is 6.54 Å². The number of unbranched alkanes of at least 4 members (excludes halogenated alkanes) is 1. The SMILES string of the molecule is NCCCC[C@H](NC(=O)[C@H](Cc1ccc([N+](=O)[O-])cc1)NC(=O)c1cc(S)cc(S)c1)C(=O)O. The number of nitrogens with one attached hydrogen (secondary N) is 2. The maximum Gasteiger partial charge on any atom is 0.326 e. The third-order valence-electron chi connectivity index (χ3n) is 4.94. The van der Waals surface area contributed by atoms with Crippen LogP contribution >= 0.6 is 25.3 Å². The number of benzene rings is 2. The zero-order chi connectivity index (χ0) is 25.3. The first kappa shape index (κ1) is 27.2. The number of nitro groups is 1. The summed E-state index contributed by atoms with van der Waals surface area (Å²) in [5.74, 6) is -2.48. The van der Waals surface area contributed by atoms with Crippen LogP contribution in [-0.2, 0) is 16.0 Å². The molecule has 0 saturated heterocycles. The van der Waals surface area contributed by atoms with Gasteiger partial charge in [-0.15, -0.1) is 25.3 Å². The summed E-state index contributed by atoms with van der Waals surface area (Å²) >= 11 is 8.45. The van der Waals surface area contributed by atoms with Gasteiger partial charge in [0.2, 0.25) is 5.91 Å². The normalized spacial score (nSPS) is 12.4. The molecule has 5 N–H and O–H groups in total. The molecule has 0 aliphatic carbocycles. The fraction of sp³-hybridized carbons (Fsp3) is 0.318. The van der Waals surface area contributed by atoms with E-state index in [4.69, 9.17) is 5.73 Å². The number of nitro benzene ring substituents is 1. The van der Waals surface area contributed by atoms with Gasteiger partial charge in [-0.05, 0) is 49.6 Å². The Labute approximate surface area is 207 Å². The van der Waals surface area contributed by atoms with Crippen molar-refractivity contribution in [1.82, 2.24) is 10.6 Å². The van der Waals surface area contributed by atoms with Crippen LogP contribution in [0.1, 0.15) is 35.2 Å². The highest BCUT2D eigenvalue weighted by Gasteiger charge is 2.27. The fourth-order valence-electron chi connectivity index (χ4n) is 3.19. The van der Waals surface area contributed by atoms with Gasteiger partial charge in [-0.25, -0.2) is 4.79 Å². The summed E-state index contributed by atoms with van der Waals surface area (Å²) < 4.78 is 0. The van der Waals surface area contributed by atoms with E-state index in [2.05, 4.69) is 35.9 Å². The molecule has 0 heterocycles. The van der Waals surface area contributed by atoms with Crippen LogP contribution in [-0.4, -0.2) is 46.4 Å². The van der Waals surface area contributed by atoms with E-state index < -0.39 is 34.8 Å². The lowest BCUT2D eigenvalue weighted by Crippen LogP contribution is -2.52. The highest BCUT2D eigenvalue weighted by Crippen LogP contribution is 2.17. The van der Waals surface area contributed by atoms with Gasteiger partial charge >= 0.3 is 5.97 Å². The molecule has 12 heteroatoms. The van der Waals surface area contributed by atoms with Gasteiger partial charge in [0.05, 0.1) is 4.92 Å². The molecule has 0 aromatic heterocycles. The van der Waals surface area contributed by atoms with Crippen LogP contribution in [0.15, 0.2) is 52.3 Å². The Morgan fingerprint density at radius 1 is 1.00 bits per heavy atom. The number of rotatable bonds is 12. The third-order valence-corrected chi connectivity index (χ3v) is 5.45. The minimum absolute atomic E-state index is 0.0149.